The van der Waals surface area contributed by atoms with Crippen molar-refractivity contribution < 1.29 is 46.6 Å². The minimum atomic E-state index is -4.99. The van der Waals surface area contributed by atoms with E-state index >= 15 is 13.2 Å². The van der Waals surface area contributed by atoms with Gasteiger partial charge in [0, 0.05) is 19.2 Å². The van der Waals surface area contributed by atoms with E-state index in [1.807, 2.05) is 30.3 Å². The fourth-order valence-electron chi connectivity index (χ4n) is 5.19. The van der Waals surface area contributed by atoms with Crippen LogP contribution >= 0.6 is 11.8 Å². The number of ether oxygens (including phenoxy) is 5. The van der Waals surface area contributed by atoms with Crippen LogP contribution in [0.15, 0.2) is 89.9 Å². The zero-order chi connectivity index (χ0) is 35.3. The van der Waals surface area contributed by atoms with Gasteiger partial charge < -0.3 is 23.7 Å². The maximum Gasteiger partial charge on any atom is 0.428 e. The molecule has 0 radical (unpaired) electrons. The fraction of sp³-hybridized carbons (Fsp3) is 0.412. The molecule has 262 valence electrons. The highest BCUT2D eigenvalue weighted by atomic mass is 32.2. The Bertz CT molecular complexity index is 1610. The summed E-state index contributed by atoms with van der Waals surface area (Å²) >= 11 is 0.962. The SMILES string of the molecule is CN(C(=O)OC(C)(C)C)C1=N[C@@H]2[C@@H](OCc3ccccc3)[C@H](OCc3ccccc3)[C@@H]([C@@H](Oc3ccc([N+](=O)[O-])cc3)C(F)(F)F)O[C@@H]2S1. The molecule has 0 spiro atoms. The number of rotatable bonds is 10. The summed E-state index contributed by atoms with van der Waals surface area (Å²) in [6.07, 6.45) is -12.6. The Morgan fingerprint density at radius 2 is 1.49 bits per heavy atom. The third-order valence-electron chi connectivity index (χ3n) is 7.49. The van der Waals surface area contributed by atoms with E-state index in [2.05, 4.69) is 0 Å². The second-order valence-corrected chi connectivity index (χ2v) is 13.4. The van der Waals surface area contributed by atoms with Crippen LogP contribution in [0.4, 0.5) is 23.7 Å². The number of hydrogen-bond acceptors (Lipinski definition) is 10. The van der Waals surface area contributed by atoms with Crippen molar-refractivity contribution >= 4 is 28.7 Å². The van der Waals surface area contributed by atoms with E-state index < -0.39 is 58.7 Å². The molecule has 0 aliphatic carbocycles. The van der Waals surface area contributed by atoms with Gasteiger partial charge in [0.1, 0.15) is 41.1 Å². The van der Waals surface area contributed by atoms with Crippen LogP contribution < -0.4 is 4.74 Å². The summed E-state index contributed by atoms with van der Waals surface area (Å²) in [6, 6.07) is 21.4. The number of nitro benzene ring substituents is 1. The van der Waals surface area contributed by atoms with Gasteiger partial charge in [-0.1, -0.05) is 72.4 Å². The average Bonchev–Trinajstić information content (AvgIpc) is 3.48. The number of nitrogens with zero attached hydrogens (tertiary/aromatic N) is 3. The molecule has 0 bridgehead atoms. The molecular weight excluding hydrogens is 667 g/mol. The number of carbonyl (C=O) groups is 1. The molecule has 0 aromatic heterocycles. The summed E-state index contributed by atoms with van der Waals surface area (Å²) in [6.45, 7) is 5.06. The van der Waals surface area contributed by atoms with E-state index in [1.165, 1.54) is 11.9 Å². The summed E-state index contributed by atoms with van der Waals surface area (Å²) < 4.78 is 74.9. The predicted molar refractivity (Wildman–Crippen MR) is 175 cm³/mol. The number of alkyl halides is 3. The van der Waals surface area contributed by atoms with Crippen molar-refractivity contribution in [2.24, 2.45) is 4.99 Å². The zero-order valence-corrected chi connectivity index (χ0v) is 27.9. The molecule has 3 aromatic rings. The molecule has 11 nitrogen and oxygen atoms in total. The van der Waals surface area contributed by atoms with Crippen LogP contribution in [0, 0.1) is 10.1 Å². The zero-order valence-electron chi connectivity index (χ0n) is 27.1. The van der Waals surface area contributed by atoms with Crippen molar-refractivity contribution in [2.45, 2.75) is 81.7 Å². The number of hydrogen-bond donors (Lipinski definition) is 0. The van der Waals surface area contributed by atoms with E-state index in [9.17, 15) is 14.9 Å². The van der Waals surface area contributed by atoms with E-state index in [1.54, 1.807) is 51.1 Å². The van der Waals surface area contributed by atoms with Crippen LogP contribution in [-0.2, 0) is 32.2 Å². The first kappa shape index (κ1) is 36.1. The van der Waals surface area contributed by atoms with Crippen LogP contribution in [0.25, 0.3) is 0 Å². The number of non-ortho nitro benzene ring substituents is 1. The van der Waals surface area contributed by atoms with E-state index in [0.717, 1.165) is 41.6 Å². The van der Waals surface area contributed by atoms with Crippen molar-refractivity contribution in [1.82, 2.24) is 4.90 Å². The molecule has 5 rings (SSSR count). The Kier molecular flexibility index (Phi) is 11.2. The van der Waals surface area contributed by atoms with Gasteiger partial charge in [0.25, 0.3) is 5.69 Å². The highest BCUT2D eigenvalue weighted by Crippen LogP contribution is 2.44. The first-order valence-electron chi connectivity index (χ1n) is 15.3. The summed E-state index contributed by atoms with van der Waals surface area (Å²) in [4.78, 5) is 29.3. The Hall–Kier alpha value is -4.18. The highest BCUT2D eigenvalue weighted by Gasteiger charge is 2.60. The van der Waals surface area contributed by atoms with Crippen molar-refractivity contribution in [1.29, 1.82) is 0 Å². The molecule has 2 aliphatic rings. The van der Waals surface area contributed by atoms with Gasteiger partial charge in [-0.3, -0.25) is 20.0 Å². The summed E-state index contributed by atoms with van der Waals surface area (Å²) in [5.41, 5.74) is -0.699. The summed E-state index contributed by atoms with van der Waals surface area (Å²) in [7, 11) is 1.45. The fourth-order valence-corrected chi connectivity index (χ4v) is 6.35. The van der Waals surface area contributed by atoms with Gasteiger partial charge in [-0.05, 0) is 44.0 Å². The van der Waals surface area contributed by atoms with Gasteiger partial charge in [-0.25, -0.2) is 4.79 Å². The molecule has 2 aliphatic heterocycles. The van der Waals surface area contributed by atoms with Crippen LogP contribution in [0.1, 0.15) is 31.9 Å². The molecule has 6 atom stereocenters. The van der Waals surface area contributed by atoms with Crippen molar-refractivity contribution in [3.05, 3.63) is 106 Å². The lowest BCUT2D eigenvalue weighted by Crippen LogP contribution is -2.63. The second kappa shape index (κ2) is 15.2. The molecule has 1 saturated heterocycles. The lowest BCUT2D eigenvalue weighted by molar-refractivity contribution is -0.384. The van der Waals surface area contributed by atoms with Crippen molar-refractivity contribution in [2.75, 3.05) is 7.05 Å². The van der Waals surface area contributed by atoms with Crippen LogP contribution in [0.5, 0.6) is 5.75 Å². The average molecular weight is 704 g/mol. The normalized spacial score (nSPS) is 22.8. The smallest absolute Gasteiger partial charge is 0.428 e. The third-order valence-corrected chi connectivity index (χ3v) is 8.70. The van der Waals surface area contributed by atoms with Gasteiger partial charge in [0.05, 0.1) is 18.1 Å². The van der Waals surface area contributed by atoms with Gasteiger partial charge >= 0.3 is 12.3 Å². The molecule has 3 aromatic carbocycles. The van der Waals surface area contributed by atoms with Crippen molar-refractivity contribution in [3.8, 4) is 5.75 Å². The monoisotopic (exact) mass is 703 g/mol. The Balaban J connectivity index is 1.53. The number of thioether (sulfide) groups is 1. The van der Waals surface area contributed by atoms with Crippen LogP contribution in [0.2, 0.25) is 0 Å². The highest BCUT2D eigenvalue weighted by molar-refractivity contribution is 8.14. The molecule has 15 heteroatoms. The molecule has 0 saturated carbocycles. The number of amidine groups is 1. The molecular formula is C34H36F3N3O8S. The van der Waals surface area contributed by atoms with E-state index in [4.69, 9.17) is 28.7 Å². The largest absolute Gasteiger partial charge is 0.478 e. The topological polar surface area (TPSA) is 122 Å². The quantitative estimate of drug-likeness (QED) is 0.160. The predicted octanol–water partition coefficient (Wildman–Crippen LogP) is 7.14. The third kappa shape index (κ3) is 9.29. The molecule has 49 heavy (non-hydrogen) atoms. The maximum atomic E-state index is 15.0. The number of nitro groups is 1. The van der Waals surface area contributed by atoms with Gasteiger partial charge in [-0.2, -0.15) is 13.2 Å². The number of carbonyl (C=O) groups excluding carboxylic acids is 1. The Morgan fingerprint density at radius 3 is 2.00 bits per heavy atom. The van der Waals surface area contributed by atoms with Gasteiger partial charge in [0.2, 0.25) is 6.10 Å². The van der Waals surface area contributed by atoms with Crippen LogP contribution in [-0.4, -0.2) is 75.8 Å². The minimum Gasteiger partial charge on any atom is -0.478 e. The second-order valence-electron chi connectivity index (χ2n) is 12.4. The number of benzene rings is 3. The molecule has 0 N–H and O–H groups in total. The summed E-state index contributed by atoms with van der Waals surface area (Å²) in [5.74, 6) is -0.261. The lowest BCUT2D eigenvalue weighted by Gasteiger charge is -2.45. The Labute approximate surface area is 285 Å². The molecule has 1 fully saturated rings. The van der Waals surface area contributed by atoms with Crippen molar-refractivity contribution in [3.63, 3.8) is 0 Å². The van der Waals surface area contributed by atoms with E-state index in [0.29, 0.717) is 5.56 Å². The maximum absolute atomic E-state index is 15.0. The molecule has 1 amide bonds. The summed E-state index contributed by atoms with van der Waals surface area (Å²) in [5, 5.41) is 11.3. The first-order valence-corrected chi connectivity index (χ1v) is 16.2. The number of amides is 1. The van der Waals surface area contributed by atoms with Gasteiger partial charge in [-0.15, -0.1) is 0 Å². The first-order chi connectivity index (χ1) is 23.2. The minimum absolute atomic E-state index is 0.0178. The molecule has 0 unspecified atom stereocenters. The Morgan fingerprint density at radius 1 is 0.939 bits per heavy atom. The molecule has 2 heterocycles. The lowest BCUT2D eigenvalue weighted by atomic mass is 9.93. The number of fused-ring (bicyclic) bond motifs is 1. The van der Waals surface area contributed by atoms with E-state index in [-0.39, 0.29) is 29.8 Å². The number of halogens is 3. The van der Waals surface area contributed by atoms with Gasteiger partial charge in [0.15, 0.2) is 5.17 Å². The van der Waals surface area contributed by atoms with Crippen LogP contribution in [0.3, 0.4) is 0 Å². The standard InChI is InChI=1S/C34H36F3N3O8S/c1-33(2,3)48-32(41)39(4)31-38-25-26(44-19-21-11-7-5-8-12-21)27(45-20-22-13-9-6-10-14-22)28(47-30(25)49-31)29(34(35,36)37)46-24-17-15-23(16-18-24)40(42)43/h5-18,25-30H,19-20H2,1-4H3/t25-,26-,27+,28+,29-,30-/m1/s1. The number of aliphatic imine (C=N–C) groups is 1.